The van der Waals surface area contributed by atoms with Crippen LogP contribution < -0.4 is 4.90 Å². The molecule has 2 heterocycles. The number of anilines is 1. The van der Waals surface area contributed by atoms with Crippen molar-refractivity contribution in [3.05, 3.63) is 83.7 Å². The lowest BCUT2D eigenvalue weighted by molar-refractivity contribution is 0.0919. The molecule has 0 aliphatic rings. The lowest BCUT2D eigenvalue weighted by atomic mass is 10.1. The van der Waals surface area contributed by atoms with Crippen molar-refractivity contribution in [1.82, 2.24) is 9.55 Å². The number of fused-ring (bicyclic) bond motifs is 1. The van der Waals surface area contributed by atoms with Crippen LogP contribution >= 0.6 is 10.0 Å². The topological polar surface area (TPSA) is 54.1 Å². The number of nitriles is 1. The van der Waals surface area contributed by atoms with Gasteiger partial charge in [-0.25, -0.2) is 19.4 Å². The van der Waals surface area contributed by atoms with Crippen LogP contribution in [0.25, 0.3) is 22.2 Å². The first-order chi connectivity index (χ1) is 18.3. The highest BCUT2D eigenvalue weighted by molar-refractivity contribution is 8.32. The Morgan fingerprint density at radius 1 is 0.974 bits per heavy atom. The van der Waals surface area contributed by atoms with Crippen molar-refractivity contribution in [1.29, 1.82) is 5.26 Å². The first-order valence-corrected chi connectivity index (χ1v) is 15.4. The van der Waals surface area contributed by atoms with Crippen molar-refractivity contribution < 1.29 is 9.13 Å². The van der Waals surface area contributed by atoms with Gasteiger partial charge in [0.15, 0.2) is 0 Å². The van der Waals surface area contributed by atoms with E-state index in [1.165, 1.54) is 0 Å². The van der Waals surface area contributed by atoms with E-state index in [9.17, 15) is 4.39 Å². The number of aromatic nitrogens is 2. The molecule has 0 saturated carbocycles. The molecule has 4 aromatic rings. The van der Waals surface area contributed by atoms with Crippen LogP contribution in [0.2, 0.25) is 0 Å². The second-order valence-corrected chi connectivity index (χ2v) is 14.6. The molecule has 7 heteroatoms. The molecule has 2 aromatic carbocycles. The number of ether oxygens (including phenoxy) is 1. The van der Waals surface area contributed by atoms with E-state index in [0.717, 1.165) is 44.9 Å². The van der Waals surface area contributed by atoms with Crippen LogP contribution in [0.15, 0.2) is 66.9 Å². The smallest absolute Gasteiger partial charge is 0.142 e. The van der Waals surface area contributed by atoms with Gasteiger partial charge >= 0.3 is 0 Å². The van der Waals surface area contributed by atoms with Crippen LogP contribution in [0.5, 0.6) is 0 Å². The molecule has 0 aliphatic carbocycles. The molecule has 196 valence electrons. The second-order valence-electron chi connectivity index (χ2n) is 10.0. The molecule has 0 spiro atoms. The molecule has 38 heavy (non-hydrogen) atoms. The monoisotopic (exact) mass is 528 g/mol. The summed E-state index contributed by atoms with van der Waals surface area (Å²) >= 11 is 0. The number of hydrogen-bond acceptors (Lipinski definition) is 4. The van der Waals surface area contributed by atoms with Crippen LogP contribution in [0.4, 0.5) is 10.1 Å². The van der Waals surface area contributed by atoms with Crippen molar-refractivity contribution in [2.24, 2.45) is 0 Å². The molecule has 0 amide bonds. The molecule has 4 rings (SSSR count). The van der Waals surface area contributed by atoms with E-state index in [-0.39, 0.29) is 6.67 Å². The fraction of sp³-hybridized carbons (Fsp3) is 0.290. The zero-order chi connectivity index (χ0) is 27.1. The van der Waals surface area contributed by atoms with Gasteiger partial charge in [0, 0.05) is 47.7 Å². The number of nitrogens with zero attached hydrogens (tertiary/aromatic N) is 4. The summed E-state index contributed by atoms with van der Waals surface area (Å²) in [5.41, 5.74) is 6.08. The van der Waals surface area contributed by atoms with Crippen molar-refractivity contribution in [2.75, 3.05) is 56.3 Å². The molecule has 0 unspecified atom stereocenters. The van der Waals surface area contributed by atoms with Gasteiger partial charge in [-0.1, -0.05) is 18.1 Å². The Hall–Kier alpha value is -3.78. The third-order valence-electron chi connectivity index (χ3n) is 6.20. The highest BCUT2D eigenvalue weighted by atomic mass is 32.3. The summed E-state index contributed by atoms with van der Waals surface area (Å²) in [4.78, 5) is 6.65. The maximum Gasteiger partial charge on any atom is 0.142 e. The summed E-state index contributed by atoms with van der Waals surface area (Å²) < 4.78 is 20.8. The average molecular weight is 529 g/mol. The van der Waals surface area contributed by atoms with Gasteiger partial charge in [-0.05, 0) is 78.8 Å². The van der Waals surface area contributed by atoms with Crippen LogP contribution in [-0.2, 0) is 11.5 Å². The van der Waals surface area contributed by atoms with Crippen LogP contribution in [0.1, 0.15) is 16.8 Å². The Morgan fingerprint density at radius 2 is 1.68 bits per heavy atom. The van der Waals surface area contributed by atoms with Gasteiger partial charge in [0.05, 0.1) is 23.9 Å². The zero-order valence-electron chi connectivity index (χ0n) is 22.4. The SMILES string of the molecule is CN(CCF)c1ccc(C#Cc2cc3cc(-c4ccc(C#N)cc4)cnc3n2COCCS(C)(C)C)cc1. The van der Waals surface area contributed by atoms with E-state index in [4.69, 9.17) is 15.0 Å². The van der Waals surface area contributed by atoms with Gasteiger partial charge in [-0.3, -0.25) is 4.57 Å². The molecule has 0 saturated heterocycles. The number of benzene rings is 2. The van der Waals surface area contributed by atoms with E-state index >= 15 is 0 Å². The predicted molar refractivity (Wildman–Crippen MR) is 158 cm³/mol. The first kappa shape index (κ1) is 27.3. The van der Waals surface area contributed by atoms with Crippen LogP contribution in [0.3, 0.4) is 0 Å². The molecule has 0 bridgehead atoms. The summed E-state index contributed by atoms with van der Waals surface area (Å²) in [6, 6.07) is 21.6. The molecule has 2 aromatic heterocycles. The quantitative estimate of drug-likeness (QED) is 0.196. The van der Waals surface area contributed by atoms with Crippen LogP contribution in [0, 0.1) is 23.2 Å². The number of halogens is 1. The van der Waals surface area contributed by atoms with Gasteiger partial charge in [0.1, 0.15) is 19.1 Å². The maximum absolute atomic E-state index is 12.7. The molecule has 0 aliphatic heterocycles. The Labute approximate surface area is 226 Å². The highest BCUT2D eigenvalue weighted by Gasteiger charge is 2.12. The molecule has 0 N–H and O–H groups in total. The minimum Gasteiger partial charge on any atom is -0.372 e. The predicted octanol–water partition coefficient (Wildman–Crippen LogP) is 6.05. The Balaban J connectivity index is 1.64. The van der Waals surface area contributed by atoms with E-state index in [1.807, 2.05) is 77.3 Å². The number of alkyl halides is 1. The van der Waals surface area contributed by atoms with Crippen molar-refractivity contribution in [2.45, 2.75) is 6.73 Å². The normalized spacial score (nSPS) is 11.6. The van der Waals surface area contributed by atoms with Gasteiger partial charge in [0.2, 0.25) is 0 Å². The summed E-state index contributed by atoms with van der Waals surface area (Å²) in [7, 11) is 1.23. The fourth-order valence-electron chi connectivity index (χ4n) is 3.93. The molecule has 0 atom stereocenters. The lowest BCUT2D eigenvalue weighted by Crippen LogP contribution is -2.19. The van der Waals surface area contributed by atoms with Crippen molar-refractivity contribution in [3.63, 3.8) is 0 Å². The Kier molecular flexibility index (Phi) is 8.73. The zero-order valence-corrected chi connectivity index (χ0v) is 23.2. The second kappa shape index (κ2) is 12.2. The third-order valence-corrected chi connectivity index (χ3v) is 7.60. The lowest BCUT2D eigenvalue weighted by Gasteiger charge is -2.24. The molecule has 5 nitrogen and oxygen atoms in total. The maximum atomic E-state index is 12.7. The average Bonchev–Trinajstić information content (AvgIpc) is 3.26. The minimum atomic E-state index is -0.641. The molecular weight excluding hydrogens is 495 g/mol. The number of hydrogen-bond donors (Lipinski definition) is 0. The minimum absolute atomic E-state index is 0.360. The fourth-order valence-corrected chi connectivity index (χ4v) is 4.55. The standard InChI is InChI=1S/C31H33FN4OS/c1-35(16-15-32)29-12-7-24(8-13-29)9-14-30-20-27-19-28(26-10-5-25(21-33)6-11-26)22-34-31(27)36(30)23-37-17-18-38(2,3)4/h5-8,10-13,19-20,22H,15-18,23H2,1-4H3. The van der Waals surface area contributed by atoms with E-state index in [0.29, 0.717) is 25.4 Å². The summed E-state index contributed by atoms with van der Waals surface area (Å²) in [6.07, 6.45) is 8.70. The van der Waals surface area contributed by atoms with E-state index < -0.39 is 10.0 Å². The molecule has 0 fully saturated rings. The Bertz CT molecular complexity index is 1490. The summed E-state index contributed by atoms with van der Waals surface area (Å²) in [6.45, 7) is 1.03. The van der Waals surface area contributed by atoms with Gasteiger partial charge in [0.25, 0.3) is 0 Å². The largest absolute Gasteiger partial charge is 0.372 e. The molecular formula is C31H33FN4OS. The first-order valence-electron chi connectivity index (χ1n) is 12.4. The number of rotatable bonds is 9. The number of pyridine rings is 1. The van der Waals surface area contributed by atoms with Crippen molar-refractivity contribution >= 4 is 26.7 Å². The van der Waals surface area contributed by atoms with Gasteiger partial charge in [-0.2, -0.15) is 5.26 Å². The summed E-state index contributed by atoms with van der Waals surface area (Å²) in [5.74, 6) is 7.61. The molecule has 0 radical (unpaired) electrons. The summed E-state index contributed by atoms with van der Waals surface area (Å²) in [5, 5.41) is 10.1. The van der Waals surface area contributed by atoms with Crippen molar-refractivity contribution in [3.8, 4) is 29.0 Å². The van der Waals surface area contributed by atoms with E-state index in [1.54, 1.807) is 0 Å². The highest BCUT2D eigenvalue weighted by Crippen LogP contribution is 2.33. The Morgan fingerprint density at radius 3 is 2.34 bits per heavy atom. The van der Waals surface area contributed by atoms with E-state index in [2.05, 4.69) is 42.7 Å². The third kappa shape index (κ3) is 6.95. The van der Waals surface area contributed by atoms with Crippen LogP contribution in [-0.4, -0.2) is 60.9 Å². The van der Waals surface area contributed by atoms with Gasteiger partial charge in [-0.15, -0.1) is 0 Å². The van der Waals surface area contributed by atoms with Gasteiger partial charge < -0.3 is 9.64 Å².